The van der Waals surface area contributed by atoms with Crippen LogP contribution in [0.3, 0.4) is 0 Å². The minimum absolute atomic E-state index is 0.626. The van der Waals surface area contributed by atoms with Crippen LogP contribution in [0.25, 0.3) is 4.96 Å². The standard InChI is InChI=1S/C12H15N5S2/c1-16(6-9-7-18-8-14-9)11-10(2-3-13)17-4-5-19-12(17)15-11/h4-5,7-8H,2-3,6,13H2,1H3. The van der Waals surface area contributed by atoms with E-state index in [1.807, 2.05) is 17.9 Å². The van der Waals surface area contributed by atoms with Crippen molar-refractivity contribution in [2.24, 2.45) is 5.73 Å². The van der Waals surface area contributed by atoms with Crippen LogP contribution in [-0.2, 0) is 13.0 Å². The Labute approximate surface area is 119 Å². The van der Waals surface area contributed by atoms with Gasteiger partial charge in [-0.15, -0.1) is 22.7 Å². The number of hydrogen-bond acceptors (Lipinski definition) is 6. The van der Waals surface area contributed by atoms with Crippen molar-refractivity contribution in [3.05, 3.63) is 33.9 Å². The zero-order valence-electron chi connectivity index (χ0n) is 10.6. The first-order valence-corrected chi connectivity index (χ1v) is 7.84. The number of nitrogens with two attached hydrogens (primary N) is 1. The Morgan fingerprint density at radius 1 is 1.47 bits per heavy atom. The van der Waals surface area contributed by atoms with E-state index in [1.54, 1.807) is 22.7 Å². The normalized spacial score (nSPS) is 11.3. The molecule has 2 N–H and O–H groups in total. The first-order chi connectivity index (χ1) is 9.29. The molecule has 5 nitrogen and oxygen atoms in total. The van der Waals surface area contributed by atoms with Gasteiger partial charge in [0.05, 0.1) is 23.4 Å². The van der Waals surface area contributed by atoms with E-state index in [2.05, 4.69) is 25.9 Å². The van der Waals surface area contributed by atoms with Gasteiger partial charge >= 0.3 is 0 Å². The third-order valence-corrected chi connectivity index (χ3v) is 4.36. The zero-order valence-corrected chi connectivity index (χ0v) is 12.2. The van der Waals surface area contributed by atoms with Crippen LogP contribution in [0.5, 0.6) is 0 Å². The Kier molecular flexibility index (Phi) is 3.50. The molecule has 19 heavy (non-hydrogen) atoms. The molecule has 0 amide bonds. The second kappa shape index (κ2) is 5.28. The van der Waals surface area contributed by atoms with Gasteiger partial charge in [-0.2, -0.15) is 0 Å². The van der Waals surface area contributed by atoms with E-state index in [0.717, 1.165) is 29.4 Å². The molecule has 0 aliphatic heterocycles. The van der Waals surface area contributed by atoms with E-state index in [9.17, 15) is 0 Å². The predicted molar refractivity (Wildman–Crippen MR) is 80.0 cm³/mol. The third-order valence-electron chi connectivity index (χ3n) is 2.97. The quantitative estimate of drug-likeness (QED) is 0.781. The lowest BCUT2D eigenvalue weighted by Crippen LogP contribution is -2.19. The van der Waals surface area contributed by atoms with Crippen molar-refractivity contribution < 1.29 is 0 Å². The van der Waals surface area contributed by atoms with Crippen LogP contribution in [0.1, 0.15) is 11.4 Å². The van der Waals surface area contributed by atoms with Gasteiger partial charge in [-0.25, -0.2) is 9.97 Å². The maximum atomic E-state index is 5.72. The molecule has 3 aromatic rings. The van der Waals surface area contributed by atoms with Gasteiger partial charge in [0.25, 0.3) is 0 Å². The molecule has 3 aromatic heterocycles. The Hall–Kier alpha value is -1.44. The van der Waals surface area contributed by atoms with Gasteiger partial charge in [0, 0.05) is 30.4 Å². The van der Waals surface area contributed by atoms with Crippen LogP contribution in [0.15, 0.2) is 22.5 Å². The fourth-order valence-electron chi connectivity index (χ4n) is 2.13. The highest BCUT2D eigenvalue weighted by molar-refractivity contribution is 7.15. The van der Waals surface area contributed by atoms with E-state index in [1.165, 1.54) is 5.69 Å². The Morgan fingerprint density at radius 3 is 3.11 bits per heavy atom. The molecular formula is C12H15N5S2. The van der Waals surface area contributed by atoms with E-state index in [-0.39, 0.29) is 0 Å². The molecule has 0 saturated carbocycles. The molecule has 0 saturated heterocycles. The number of rotatable bonds is 5. The fourth-order valence-corrected chi connectivity index (χ4v) is 3.41. The average Bonchev–Trinajstić information content (AvgIpc) is 3.07. The number of fused-ring (bicyclic) bond motifs is 1. The Morgan fingerprint density at radius 2 is 2.37 bits per heavy atom. The van der Waals surface area contributed by atoms with Gasteiger partial charge in [-0.3, -0.25) is 4.40 Å². The fraction of sp³-hybridized carbons (Fsp3) is 0.333. The van der Waals surface area contributed by atoms with Crippen molar-refractivity contribution in [1.82, 2.24) is 14.4 Å². The van der Waals surface area contributed by atoms with Crippen LogP contribution in [0.2, 0.25) is 0 Å². The zero-order chi connectivity index (χ0) is 13.2. The molecule has 0 fully saturated rings. The van der Waals surface area contributed by atoms with Crippen molar-refractivity contribution in [2.75, 3.05) is 18.5 Å². The summed E-state index contributed by atoms with van der Waals surface area (Å²) >= 11 is 3.26. The van der Waals surface area contributed by atoms with E-state index >= 15 is 0 Å². The molecule has 100 valence electrons. The van der Waals surface area contributed by atoms with Crippen LogP contribution in [-0.4, -0.2) is 28.0 Å². The monoisotopic (exact) mass is 293 g/mol. The number of anilines is 1. The van der Waals surface area contributed by atoms with E-state index in [4.69, 9.17) is 10.7 Å². The highest BCUT2D eigenvalue weighted by Gasteiger charge is 2.16. The van der Waals surface area contributed by atoms with Gasteiger partial charge < -0.3 is 10.6 Å². The van der Waals surface area contributed by atoms with Gasteiger partial charge in [0.2, 0.25) is 0 Å². The van der Waals surface area contributed by atoms with Crippen molar-refractivity contribution in [3.63, 3.8) is 0 Å². The summed E-state index contributed by atoms with van der Waals surface area (Å²) < 4.78 is 2.13. The summed E-state index contributed by atoms with van der Waals surface area (Å²) in [6.45, 7) is 1.40. The SMILES string of the molecule is CN(Cc1cscn1)c1nc2sccn2c1CCN. The molecule has 0 spiro atoms. The van der Waals surface area contributed by atoms with Crippen LogP contribution >= 0.6 is 22.7 Å². The molecule has 0 atom stereocenters. The molecule has 0 aliphatic carbocycles. The number of aromatic nitrogens is 3. The summed E-state index contributed by atoms with van der Waals surface area (Å²) in [7, 11) is 2.05. The second-order valence-electron chi connectivity index (χ2n) is 4.31. The summed E-state index contributed by atoms with van der Waals surface area (Å²) in [5.41, 5.74) is 9.82. The first kappa shape index (κ1) is 12.6. The van der Waals surface area contributed by atoms with Crippen LogP contribution in [0, 0.1) is 0 Å². The Balaban J connectivity index is 1.94. The van der Waals surface area contributed by atoms with Gasteiger partial charge in [0.15, 0.2) is 10.8 Å². The minimum atomic E-state index is 0.626. The molecular weight excluding hydrogens is 278 g/mol. The largest absolute Gasteiger partial charge is 0.352 e. The van der Waals surface area contributed by atoms with Crippen LogP contribution in [0.4, 0.5) is 5.82 Å². The molecule has 0 aromatic carbocycles. The first-order valence-electron chi connectivity index (χ1n) is 6.02. The van der Waals surface area contributed by atoms with Crippen LogP contribution < -0.4 is 10.6 Å². The summed E-state index contributed by atoms with van der Waals surface area (Å²) in [6, 6.07) is 0. The predicted octanol–water partition coefficient (Wildman–Crippen LogP) is 1.99. The molecule has 3 heterocycles. The third kappa shape index (κ3) is 2.36. The molecule has 0 unspecified atom stereocenters. The molecule has 3 rings (SSSR count). The van der Waals surface area contributed by atoms with Gasteiger partial charge in [-0.05, 0) is 6.54 Å². The van der Waals surface area contributed by atoms with E-state index < -0.39 is 0 Å². The molecule has 0 aliphatic rings. The van der Waals surface area contributed by atoms with Crippen molar-refractivity contribution in [1.29, 1.82) is 0 Å². The number of thiazole rings is 2. The number of imidazole rings is 1. The maximum Gasteiger partial charge on any atom is 0.195 e. The summed E-state index contributed by atoms with van der Waals surface area (Å²) in [6.07, 6.45) is 2.88. The topological polar surface area (TPSA) is 59.5 Å². The van der Waals surface area contributed by atoms with Crippen molar-refractivity contribution >= 4 is 33.5 Å². The Bertz CT molecular complexity index is 655. The van der Waals surface area contributed by atoms with Gasteiger partial charge in [-0.1, -0.05) is 0 Å². The number of nitrogens with zero attached hydrogens (tertiary/aromatic N) is 4. The summed E-state index contributed by atoms with van der Waals surface area (Å²) in [5.74, 6) is 1.00. The smallest absolute Gasteiger partial charge is 0.195 e. The van der Waals surface area contributed by atoms with E-state index in [0.29, 0.717) is 6.54 Å². The highest BCUT2D eigenvalue weighted by Crippen LogP contribution is 2.25. The van der Waals surface area contributed by atoms with Crippen molar-refractivity contribution in [3.8, 4) is 0 Å². The highest BCUT2D eigenvalue weighted by atomic mass is 32.1. The van der Waals surface area contributed by atoms with Crippen molar-refractivity contribution in [2.45, 2.75) is 13.0 Å². The molecule has 0 radical (unpaired) electrons. The van der Waals surface area contributed by atoms with Gasteiger partial charge in [0.1, 0.15) is 0 Å². The summed E-state index contributed by atoms with van der Waals surface area (Å²) in [5, 5.41) is 4.12. The average molecular weight is 293 g/mol. The number of hydrogen-bond donors (Lipinski definition) is 1. The second-order valence-corrected chi connectivity index (χ2v) is 5.90. The minimum Gasteiger partial charge on any atom is -0.352 e. The molecule has 7 heteroatoms. The molecule has 0 bridgehead atoms. The summed E-state index contributed by atoms with van der Waals surface area (Å²) in [4.78, 5) is 12.2. The lowest BCUT2D eigenvalue weighted by atomic mass is 10.3. The maximum absolute atomic E-state index is 5.72. The lowest BCUT2D eigenvalue weighted by molar-refractivity contribution is 0.846. The lowest BCUT2D eigenvalue weighted by Gasteiger charge is -2.17.